The van der Waals surface area contributed by atoms with E-state index in [1.165, 1.54) is 19.6 Å². The Morgan fingerprint density at radius 3 is 1.85 bits per heavy atom. The van der Waals surface area contributed by atoms with Crippen molar-refractivity contribution in [3.05, 3.63) is 25.3 Å². The Kier molecular flexibility index (Phi) is 6.52. The molecule has 4 aliphatic rings. The van der Waals surface area contributed by atoms with Gasteiger partial charge < -0.3 is 44.6 Å². The molecule has 4 aliphatic heterocycles. The summed E-state index contributed by atoms with van der Waals surface area (Å²) in [5, 5.41) is 0. The summed E-state index contributed by atoms with van der Waals surface area (Å²) >= 11 is 0. The molecule has 0 aromatic carbocycles. The molecular formula is C28H34N10O8. The van der Waals surface area contributed by atoms with Crippen molar-refractivity contribution < 1.29 is 38.0 Å². The van der Waals surface area contributed by atoms with Gasteiger partial charge >= 0.3 is 5.97 Å². The van der Waals surface area contributed by atoms with Gasteiger partial charge in [0, 0.05) is 13.3 Å². The molecule has 4 aromatic rings. The molecule has 1 unspecified atom stereocenters. The zero-order valence-corrected chi connectivity index (χ0v) is 25.7. The number of fused-ring (bicyclic) bond motifs is 4. The number of esters is 1. The first-order valence-corrected chi connectivity index (χ1v) is 14.9. The summed E-state index contributed by atoms with van der Waals surface area (Å²) in [6, 6.07) is 0. The second-order valence-electron chi connectivity index (χ2n) is 12.7. The number of carbonyl (C=O) groups excluding carboxylic acids is 1. The van der Waals surface area contributed by atoms with Gasteiger partial charge in [0.2, 0.25) is 0 Å². The molecule has 4 fully saturated rings. The average molecular weight is 639 g/mol. The van der Waals surface area contributed by atoms with Gasteiger partial charge in [-0.2, -0.15) is 0 Å². The second-order valence-corrected chi connectivity index (χ2v) is 12.7. The maximum absolute atomic E-state index is 12.6. The first-order valence-electron chi connectivity index (χ1n) is 14.9. The van der Waals surface area contributed by atoms with Crippen molar-refractivity contribution in [3.63, 3.8) is 0 Å². The van der Waals surface area contributed by atoms with Crippen molar-refractivity contribution in [3.8, 4) is 0 Å². The Labute approximate surface area is 261 Å². The van der Waals surface area contributed by atoms with Crippen molar-refractivity contribution in [1.82, 2.24) is 39.0 Å². The molecule has 244 valence electrons. The lowest BCUT2D eigenvalue weighted by Gasteiger charge is -2.31. The third-order valence-corrected chi connectivity index (χ3v) is 8.66. The van der Waals surface area contributed by atoms with Gasteiger partial charge in [0.25, 0.3) is 0 Å². The molecule has 4 saturated heterocycles. The van der Waals surface area contributed by atoms with E-state index in [1.807, 2.05) is 27.7 Å². The number of rotatable bonds is 6. The number of ether oxygens (including phenoxy) is 7. The molecule has 4 aromatic heterocycles. The van der Waals surface area contributed by atoms with Gasteiger partial charge in [-0.1, -0.05) is 0 Å². The summed E-state index contributed by atoms with van der Waals surface area (Å²) in [6.45, 7) is 8.65. The van der Waals surface area contributed by atoms with Crippen LogP contribution in [0.2, 0.25) is 0 Å². The Bertz CT molecular complexity index is 1830. The molecule has 0 aliphatic carbocycles. The van der Waals surface area contributed by atoms with Gasteiger partial charge in [0.1, 0.15) is 60.3 Å². The monoisotopic (exact) mass is 638 g/mol. The molecule has 18 heteroatoms. The molecule has 18 nitrogen and oxygen atoms in total. The van der Waals surface area contributed by atoms with Crippen LogP contribution in [0.4, 0.5) is 11.6 Å². The largest absolute Gasteiger partial charge is 0.460 e. The van der Waals surface area contributed by atoms with E-state index < -0.39 is 72.7 Å². The molecule has 0 spiro atoms. The highest BCUT2D eigenvalue weighted by Crippen LogP contribution is 2.48. The van der Waals surface area contributed by atoms with Gasteiger partial charge in [-0.15, -0.1) is 0 Å². The highest BCUT2D eigenvalue weighted by Gasteiger charge is 2.61. The average Bonchev–Trinajstić information content (AvgIpc) is 3.80. The van der Waals surface area contributed by atoms with Crippen molar-refractivity contribution in [2.24, 2.45) is 0 Å². The Hall–Kier alpha value is -4.07. The number of nitrogens with zero attached hydrogens (tertiary/aromatic N) is 8. The number of aromatic nitrogens is 8. The van der Waals surface area contributed by atoms with Crippen LogP contribution in [0.1, 0.15) is 53.5 Å². The van der Waals surface area contributed by atoms with Crippen LogP contribution in [0.15, 0.2) is 25.3 Å². The van der Waals surface area contributed by atoms with Crippen LogP contribution in [0.3, 0.4) is 0 Å². The third-order valence-electron chi connectivity index (χ3n) is 8.66. The normalized spacial score (nSPS) is 33.4. The number of nitrogen functional groups attached to an aromatic ring is 2. The maximum atomic E-state index is 12.6. The molecule has 0 saturated carbocycles. The number of anilines is 2. The molecule has 9 atom stereocenters. The van der Waals surface area contributed by atoms with E-state index in [-0.39, 0.29) is 18.1 Å². The lowest BCUT2D eigenvalue weighted by Crippen LogP contribution is -2.44. The number of imidazole rings is 2. The molecule has 8 heterocycles. The number of hydrogen-bond acceptors (Lipinski definition) is 16. The van der Waals surface area contributed by atoms with E-state index in [9.17, 15) is 4.79 Å². The minimum Gasteiger partial charge on any atom is -0.460 e. The SMILES string of the molecule is CC(=O)OC(C[C@H]1O[C@@H](n2cnc3c(N)ncnc32)[C@@H]2OC(C)(C)O[C@@H]21)[C@H]1O[C@@H](n2cnc3c(N)ncnc32)[C@@H]2OC(C)(C)O[C@@H]21. The van der Waals surface area contributed by atoms with Crippen LogP contribution in [-0.2, 0) is 38.0 Å². The smallest absolute Gasteiger partial charge is 0.302 e. The topological polar surface area (TPSA) is 221 Å². The maximum Gasteiger partial charge on any atom is 0.302 e. The first kappa shape index (κ1) is 29.3. The van der Waals surface area contributed by atoms with Gasteiger partial charge in [-0.25, -0.2) is 29.9 Å². The van der Waals surface area contributed by atoms with E-state index in [4.69, 9.17) is 44.6 Å². The van der Waals surface area contributed by atoms with Crippen LogP contribution in [0.5, 0.6) is 0 Å². The van der Waals surface area contributed by atoms with Crippen molar-refractivity contribution >= 4 is 39.9 Å². The predicted molar refractivity (Wildman–Crippen MR) is 155 cm³/mol. The number of carbonyl (C=O) groups is 1. The quantitative estimate of drug-likeness (QED) is 0.281. The number of nitrogens with two attached hydrogens (primary N) is 2. The standard InChI is InChI=1S/C28H34N10O8/c1-11(39)40-12(16-18-20(46-28(4,5)44-18)26(42-16)38-10-36-15-22(30)32-8-34-24(15)38)6-13-17-19(45-27(2,3)43-17)25(41-13)37-9-35-14-21(29)31-7-33-23(14)37/h7-10,12-13,16-20,25-26H,6H2,1-5H3,(H2,29,31,33)(H2,30,32,34)/t12?,13-,16-,17-,18-,19-,20-,25-,26-/m1/s1. The minimum absolute atomic E-state index is 0.185. The highest BCUT2D eigenvalue weighted by atomic mass is 16.8. The highest BCUT2D eigenvalue weighted by molar-refractivity contribution is 5.81. The summed E-state index contributed by atoms with van der Waals surface area (Å²) in [7, 11) is 0. The predicted octanol–water partition coefficient (Wildman–Crippen LogP) is 0.987. The van der Waals surface area contributed by atoms with E-state index in [0.717, 1.165) is 0 Å². The molecular weight excluding hydrogens is 604 g/mol. The van der Waals surface area contributed by atoms with Gasteiger partial charge in [-0.05, 0) is 27.7 Å². The zero-order valence-electron chi connectivity index (χ0n) is 25.7. The van der Waals surface area contributed by atoms with E-state index in [2.05, 4.69) is 29.9 Å². The lowest BCUT2D eigenvalue weighted by atomic mass is 9.97. The first-order chi connectivity index (χ1) is 21.9. The van der Waals surface area contributed by atoms with Crippen molar-refractivity contribution in [2.75, 3.05) is 11.5 Å². The van der Waals surface area contributed by atoms with Crippen LogP contribution >= 0.6 is 0 Å². The molecule has 0 radical (unpaired) electrons. The second kappa shape index (κ2) is 10.2. The van der Waals surface area contributed by atoms with Gasteiger partial charge in [-0.3, -0.25) is 13.9 Å². The lowest BCUT2D eigenvalue weighted by molar-refractivity contribution is -0.219. The molecule has 4 N–H and O–H groups in total. The van der Waals surface area contributed by atoms with Gasteiger partial charge in [0.15, 0.2) is 47.0 Å². The Morgan fingerprint density at radius 2 is 1.28 bits per heavy atom. The summed E-state index contributed by atoms with van der Waals surface area (Å²) < 4.78 is 48.1. The molecule has 0 bridgehead atoms. The fourth-order valence-electron chi connectivity index (χ4n) is 7.01. The molecule has 46 heavy (non-hydrogen) atoms. The minimum atomic E-state index is -0.945. The van der Waals surface area contributed by atoms with Crippen molar-refractivity contribution in [1.29, 1.82) is 0 Å². The fraction of sp³-hybridized carbons (Fsp3) is 0.607. The Morgan fingerprint density at radius 1 is 0.783 bits per heavy atom. The van der Waals surface area contributed by atoms with Gasteiger partial charge in [0.05, 0.1) is 18.8 Å². The fourth-order valence-corrected chi connectivity index (χ4v) is 7.01. The van der Waals surface area contributed by atoms with Crippen LogP contribution in [0, 0.1) is 0 Å². The van der Waals surface area contributed by atoms with E-state index in [1.54, 1.807) is 21.8 Å². The van der Waals surface area contributed by atoms with Crippen LogP contribution in [-0.4, -0.2) is 99.3 Å². The van der Waals surface area contributed by atoms with E-state index in [0.29, 0.717) is 22.3 Å². The summed E-state index contributed by atoms with van der Waals surface area (Å²) in [4.78, 5) is 38.2. The third kappa shape index (κ3) is 4.66. The summed E-state index contributed by atoms with van der Waals surface area (Å²) in [5.41, 5.74) is 13.9. The zero-order chi connectivity index (χ0) is 32.1. The van der Waals surface area contributed by atoms with E-state index >= 15 is 0 Å². The van der Waals surface area contributed by atoms with Crippen LogP contribution in [0.25, 0.3) is 22.3 Å². The number of hydrogen-bond donors (Lipinski definition) is 2. The summed E-state index contributed by atoms with van der Waals surface area (Å²) in [5.74, 6) is -1.86. The van der Waals surface area contributed by atoms with Crippen LogP contribution < -0.4 is 11.5 Å². The molecule has 8 rings (SSSR count). The van der Waals surface area contributed by atoms with Crippen molar-refractivity contribution in [2.45, 2.75) is 108 Å². The summed E-state index contributed by atoms with van der Waals surface area (Å²) in [6.07, 6.45) is 0.175. The molecule has 0 amide bonds. The Balaban J connectivity index is 1.13.